The molecule has 1 rings (SSSR count). The van der Waals surface area contributed by atoms with Gasteiger partial charge in [0.1, 0.15) is 0 Å². The van der Waals surface area contributed by atoms with Gasteiger partial charge in [-0.05, 0) is 0 Å². The van der Waals surface area contributed by atoms with Crippen molar-refractivity contribution in [3.63, 3.8) is 0 Å². The van der Waals surface area contributed by atoms with Crippen LogP contribution in [0, 0.1) is 0 Å². The normalized spacial score (nSPS) is 9.64. The van der Waals surface area contributed by atoms with Crippen LogP contribution in [0.4, 0.5) is 5.69 Å². The smallest absolute Gasteiger partial charge is 0.249 e. The van der Waals surface area contributed by atoms with Crippen molar-refractivity contribution < 1.29 is 4.84 Å². The van der Waals surface area contributed by atoms with Crippen molar-refractivity contribution in [3.05, 3.63) is 27.6 Å². The first kappa shape index (κ1) is 8.10. The van der Waals surface area contributed by atoms with Gasteiger partial charge >= 0.3 is 0 Å². The van der Waals surface area contributed by atoms with Crippen LogP contribution in [0.5, 0.6) is 0 Å². The highest BCUT2D eigenvalue weighted by molar-refractivity contribution is 6.33. The zero-order valence-electron chi connectivity index (χ0n) is 5.85. The van der Waals surface area contributed by atoms with Gasteiger partial charge in [-0.3, -0.25) is 15.1 Å². The van der Waals surface area contributed by atoms with Crippen molar-refractivity contribution in [3.8, 4) is 0 Å². The Morgan fingerprint density at radius 2 is 2.45 bits per heavy atom. The van der Waals surface area contributed by atoms with Gasteiger partial charge in [-0.2, -0.15) is 0 Å². The van der Waals surface area contributed by atoms with E-state index in [0.717, 1.165) is 0 Å². The number of pyridine rings is 1. The molecule has 11 heavy (non-hydrogen) atoms. The number of nitrogens with one attached hydrogen (secondary N) is 2. The molecule has 0 fully saturated rings. The number of hydrogen-bond acceptors (Lipinski definition) is 3. The summed E-state index contributed by atoms with van der Waals surface area (Å²) in [4.78, 5) is 17.7. The number of aromatic amines is 1. The lowest BCUT2D eigenvalue weighted by atomic mass is 10.4. The van der Waals surface area contributed by atoms with Crippen LogP contribution in [0.3, 0.4) is 0 Å². The average Bonchev–Trinajstić information content (AvgIpc) is 1.95. The predicted molar refractivity (Wildman–Crippen MR) is 42.7 cm³/mol. The van der Waals surface area contributed by atoms with Crippen molar-refractivity contribution in [2.45, 2.75) is 0 Å². The number of H-pyrrole nitrogens is 1. The first-order chi connectivity index (χ1) is 5.24. The molecule has 60 valence electrons. The topological polar surface area (TPSA) is 54.1 Å². The molecule has 4 nitrogen and oxygen atoms in total. The lowest BCUT2D eigenvalue weighted by Gasteiger charge is -2.02. The first-order valence-electron chi connectivity index (χ1n) is 2.91. The fourth-order valence-electron chi connectivity index (χ4n) is 0.635. The van der Waals surface area contributed by atoms with Gasteiger partial charge in [0.15, 0.2) is 0 Å². The van der Waals surface area contributed by atoms with E-state index in [0.29, 0.717) is 10.7 Å². The Kier molecular flexibility index (Phi) is 2.51. The molecule has 1 heterocycles. The van der Waals surface area contributed by atoms with E-state index >= 15 is 0 Å². The molecule has 0 spiro atoms. The molecule has 5 heteroatoms. The number of hydrogen-bond donors (Lipinski definition) is 2. The minimum Gasteiger partial charge on any atom is -0.327 e. The fourth-order valence-corrected chi connectivity index (χ4v) is 0.827. The van der Waals surface area contributed by atoms with Gasteiger partial charge in [-0.15, -0.1) is 0 Å². The summed E-state index contributed by atoms with van der Waals surface area (Å²) >= 11 is 5.65. The third-order valence-electron chi connectivity index (χ3n) is 1.09. The van der Waals surface area contributed by atoms with Crippen molar-refractivity contribution in [1.29, 1.82) is 0 Å². The van der Waals surface area contributed by atoms with E-state index < -0.39 is 0 Å². The van der Waals surface area contributed by atoms with Crippen LogP contribution in [0.2, 0.25) is 5.02 Å². The fraction of sp³-hybridized carbons (Fsp3) is 0.167. The van der Waals surface area contributed by atoms with E-state index in [-0.39, 0.29) is 5.56 Å². The molecule has 2 N–H and O–H groups in total. The number of anilines is 1. The van der Waals surface area contributed by atoms with Gasteiger partial charge in [0.05, 0.1) is 17.8 Å². The molecule has 0 bridgehead atoms. The second-order valence-corrected chi connectivity index (χ2v) is 2.27. The molecule has 0 atom stereocenters. The van der Waals surface area contributed by atoms with E-state index in [9.17, 15) is 4.79 Å². The van der Waals surface area contributed by atoms with E-state index in [1.165, 1.54) is 19.4 Å². The average molecular weight is 175 g/mol. The minimum absolute atomic E-state index is 0.239. The third-order valence-corrected chi connectivity index (χ3v) is 1.40. The minimum atomic E-state index is -0.239. The lowest BCUT2D eigenvalue weighted by molar-refractivity contribution is 0.271. The van der Waals surface area contributed by atoms with Gasteiger partial charge in [0, 0.05) is 12.3 Å². The molecule has 0 saturated carbocycles. The van der Waals surface area contributed by atoms with Crippen LogP contribution in [0.25, 0.3) is 0 Å². The molecule has 0 saturated heterocycles. The molecule has 0 aliphatic heterocycles. The summed E-state index contributed by atoms with van der Waals surface area (Å²) in [5, 5.41) is 0.329. The van der Waals surface area contributed by atoms with Crippen LogP contribution in [0.15, 0.2) is 17.1 Å². The SMILES string of the molecule is CONc1c[nH]c(=O)cc1Cl. The highest BCUT2D eigenvalue weighted by Gasteiger charge is 1.97. The molecule has 1 aromatic heterocycles. The second-order valence-electron chi connectivity index (χ2n) is 1.87. The highest BCUT2D eigenvalue weighted by Crippen LogP contribution is 2.16. The standard InChI is InChI=1S/C6H7ClN2O2/c1-11-9-5-3-8-6(10)2-4(5)7/h2-3,9H,1H3,(H,8,10). The Morgan fingerprint density at radius 3 is 3.00 bits per heavy atom. The van der Waals surface area contributed by atoms with Gasteiger partial charge in [0.2, 0.25) is 5.56 Å². The van der Waals surface area contributed by atoms with E-state index in [1.54, 1.807) is 0 Å². The second kappa shape index (κ2) is 3.41. The van der Waals surface area contributed by atoms with Gasteiger partial charge in [-0.25, -0.2) is 0 Å². The predicted octanol–water partition coefficient (Wildman–Crippen LogP) is 1.00. The maximum absolute atomic E-state index is 10.6. The van der Waals surface area contributed by atoms with Crippen LogP contribution in [-0.2, 0) is 4.84 Å². The van der Waals surface area contributed by atoms with Crippen molar-refractivity contribution in [1.82, 2.24) is 4.98 Å². The van der Waals surface area contributed by atoms with E-state index in [4.69, 9.17) is 11.6 Å². The Morgan fingerprint density at radius 1 is 1.73 bits per heavy atom. The summed E-state index contributed by atoms with van der Waals surface area (Å²) in [6.07, 6.45) is 1.44. The molecular formula is C6H7ClN2O2. The number of rotatable bonds is 2. The van der Waals surface area contributed by atoms with Crippen LogP contribution < -0.4 is 11.0 Å². The highest BCUT2D eigenvalue weighted by atomic mass is 35.5. The zero-order valence-corrected chi connectivity index (χ0v) is 6.61. The Hall–Kier alpha value is -1.00. The van der Waals surface area contributed by atoms with Crippen LogP contribution in [0.1, 0.15) is 0 Å². The monoisotopic (exact) mass is 174 g/mol. The Labute approximate surface area is 68.1 Å². The van der Waals surface area contributed by atoms with Gasteiger partial charge in [-0.1, -0.05) is 11.6 Å². The third kappa shape index (κ3) is 1.96. The van der Waals surface area contributed by atoms with Crippen molar-refractivity contribution in [2.75, 3.05) is 12.6 Å². The van der Waals surface area contributed by atoms with Crippen molar-refractivity contribution in [2.24, 2.45) is 0 Å². The van der Waals surface area contributed by atoms with E-state index in [1.807, 2.05) is 0 Å². The summed E-state index contributed by atoms with van der Waals surface area (Å²) in [5.74, 6) is 0. The number of halogens is 1. The molecule has 0 unspecified atom stereocenters. The maximum Gasteiger partial charge on any atom is 0.249 e. The Bertz CT molecular complexity index is 297. The summed E-state index contributed by atoms with van der Waals surface area (Å²) in [7, 11) is 1.46. The molecule has 0 aromatic carbocycles. The molecule has 1 aromatic rings. The maximum atomic E-state index is 10.6. The quantitative estimate of drug-likeness (QED) is 0.658. The summed E-state index contributed by atoms with van der Waals surface area (Å²) in [6, 6.07) is 1.27. The first-order valence-corrected chi connectivity index (χ1v) is 3.29. The van der Waals surface area contributed by atoms with Gasteiger partial charge < -0.3 is 4.98 Å². The lowest BCUT2D eigenvalue weighted by Crippen LogP contribution is -2.05. The summed E-state index contributed by atoms with van der Waals surface area (Å²) < 4.78 is 0. The summed E-state index contributed by atoms with van der Waals surface area (Å²) in [5.41, 5.74) is 2.80. The molecule has 0 radical (unpaired) electrons. The largest absolute Gasteiger partial charge is 0.327 e. The van der Waals surface area contributed by atoms with E-state index in [2.05, 4.69) is 15.3 Å². The molecule has 0 aliphatic rings. The Balaban J connectivity index is 2.99. The van der Waals surface area contributed by atoms with Crippen molar-refractivity contribution >= 4 is 17.3 Å². The molecule has 0 aliphatic carbocycles. The molecular weight excluding hydrogens is 168 g/mol. The molecule has 0 amide bonds. The van der Waals surface area contributed by atoms with Gasteiger partial charge in [0.25, 0.3) is 0 Å². The number of aromatic nitrogens is 1. The zero-order chi connectivity index (χ0) is 8.27. The van der Waals surface area contributed by atoms with Crippen LogP contribution >= 0.6 is 11.6 Å². The summed E-state index contributed by atoms with van der Waals surface area (Å²) in [6.45, 7) is 0. The van der Waals surface area contributed by atoms with Crippen LogP contribution in [-0.4, -0.2) is 12.1 Å².